The summed E-state index contributed by atoms with van der Waals surface area (Å²) in [6, 6.07) is 11.9. The van der Waals surface area contributed by atoms with Gasteiger partial charge in [0, 0.05) is 43.5 Å². The second-order valence-corrected chi connectivity index (χ2v) is 7.17. The highest BCUT2D eigenvalue weighted by Gasteiger charge is 2.23. The van der Waals surface area contributed by atoms with Crippen molar-refractivity contribution in [2.24, 2.45) is 0 Å². The number of nitrogens with zero attached hydrogens (tertiary/aromatic N) is 3. The lowest BCUT2D eigenvalue weighted by atomic mass is 10.1. The number of nitro groups is 1. The van der Waals surface area contributed by atoms with Crippen LogP contribution in [0.4, 0.5) is 11.4 Å². The van der Waals surface area contributed by atoms with Gasteiger partial charge in [-0.2, -0.15) is 0 Å². The van der Waals surface area contributed by atoms with Crippen LogP contribution in [0, 0.1) is 17.0 Å². The lowest BCUT2D eigenvalue weighted by Crippen LogP contribution is -2.51. The van der Waals surface area contributed by atoms with E-state index in [1.54, 1.807) is 4.90 Å². The van der Waals surface area contributed by atoms with E-state index in [2.05, 4.69) is 29.3 Å². The molecule has 152 valence electrons. The summed E-state index contributed by atoms with van der Waals surface area (Å²) in [7, 11) is 0. The first-order valence-electron chi connectivity index (χ1n) is 9.17. The van der Waals surface area contributed by atoms with Gasteiger partial charge in [-0.15, -0.1) is 0 Å². The van der Waals surface area contributed by atoms with E-state index in [9.17, 15) is 19.7 Å². The fourth-order valence-corrected chi connectivity index (χ4v) is 3.47. The second-order valence-electron chi connectivity index (χ2n) is 6.76. The summed E-state index contributed by atoms with van der Waals surface area (Å²) < 4.78 is 0. The molecule has 2 aromatic carbocycles. The van der Waals surface area contributed by atoms with Gasteiger partial charge < -0.3 is 15.1 Å². The smallest absolute Gasteiger partial charge is 0.288 e. The number of rotatable bonds is 5. The van der Waals surface area contributed by atoms with Crippen LogP contribution in [0.2, 0.25) is 5.02 Å². The molecule has 1 aliphatic heterocycles. The van der Waals surface area contributed by atoms with Crippen molar-refractivity contribution >= 4 is 34.8 Å². The van der Waals surface area contributed by atoms with E-state index < -0.39 is 10.8 Å². The summed E-state index contributed by atoms with van der Waals surface area (Å²) >= 11 is 5.75. The zero-order valence-electron chi connectivity index (χ0n) is 15.9. The number of benzene rings is 2. The summed E-state index contributed by atoms with van der Waals surface area (Å²) in [4.78, 5) is 38.9. The van der Waals surface area contributed by atoms with Crippen LogP contribution in [0.15, 0.2) is 42.5 Å². The molecule has 2 aromatic rings. The van der Waals surface area contributed by atoms with Gasteiger partial charge in [0.05, 0.1) is 11.5 Å². The Labute approximate surface area is 173 Å². The topological polar surface area (TPSA) is 95.8 Å². The summed E-state index contributed by atoms with van der Waals surface area (Å²) in [6.45, 7) is 4.45. The zero-order valence-corrected chi connectivity index (χ0v) is 16.7. The van der Waals surface area contributed by atoms with Crippen LogP contribution < -0.4 is 10.2 Å². The standard InChI is InChI=1S/C20H21ClN4O4/c1-14-4-2-3-5-17(14)23-8-10-24(11-9-23)19(26)13-22-20(27)15-6-7-16(21)18(12-15)25(28)29/h2-7,12H,8-11,13H2,1H3,(H,22,27). The Morgan fingerprint density at radius 2 is 1.83 bits per heavy atom. The molecule has 9 heteroatoms. The second kappa shape index (κ2) is 8.91. The number of amides is 2. The maximum absolute atomic E-state index is 12.4. The van der Waals surface area contributed by atoms with Crippen molar-refractivity contribution in [2.75, 3.05) is 37.6 Å². The Balaban J connectivity index is 1.53. The van der Waals surface area contributed by atoms with Crippen molar-refractivity contribution in [3.05, 3.63) is 68.7 Å². The summed E-state index contributed by atoms with van der Waals surface area (Å²) in [6.07, 6.45) is 0. The Kier molecular flexibility index (Phi) is 6.33. The van der Waals surface area contributed by atoms with Gasteiger partial charge in [0.25, 0.3) is 11.6 Å². The van der Waals surface area contributed by atoms with E-state index in [0.29, 0.717) is 26.2 Å². The van der Waals surface area contributed by atoms with Gasteiger partial charge in [0.15, 0.2) is 0 Å². The molecule has 0 unspecified atom stereocenters. The van der Waals surface area contributed by atoms with E-state index in [0.717, 1.165) is 11.8 Å². The van der Waals surface area contributed by atoms with Crippen LogP contribution in [0.1, 0.15) is 15.9 Å². The largest absolute Gasteiger partial charge is 0.368 e. The number of para-hydroxylation sites is 1. The Morgan fingerprint density at radius 3 is 2.48 bits per heavy atom. The molecule has 1 aliphatic rings. The summed E-state index contributed by atoms with van der Waals surface area (Å²) in [5, 5.41) is 13.4. The molecule has 8 nitrogen and oxygen atoms in total. The molecule has 0 aromatic heterocycles. The maximum Gasteiger partial charge on any atom is 0.288 e. The molecule has 1 saturated heterocycles. The molecule has 0 radical (unpaired) electrons. The highest BCUT2D eigenvalue weighted by Crippen LogP contribution is 2.25. The Bertz CT molecular complexity index is 942. The van der Waals surface area contributed by atoms with Crippen LogP contribution in [0.3, 0.4) is 0 Å². The van der Waals surface area contributed by atoms with Crippen molar-refractivity contribution in [1.29, 1.82) is 0 Å². The molecule has 1 heterocycles. The van der Waals surface area contributed by atoms with E-state index in [1.807, 2.05) is 12.1 Å². The van der Waals surface area contributed by atoms with Gasteiger partial charge >= 0.3 is 0 Å². The van der Waals surface area contributed by atoms with Crippen molar-refractivity contribution in [3.8, 4) is 0 Å². The van der Waals surface area contributed by atoms with Crippen LogP contribution in [0.5, 0.6) is 0 Å². The number of hydrogen-bond acceptors (Lipinski definition) is 5. The SMILES string of the molecule is Cc1ccccc1N1CCN(C(=O)CNC(=O)c2ccc(Cl)c([N+](=O)[O-])c2)CC1. The normalized spacial score (nSPS) is 13.9. The van der Waals surface area contributed by atoms with Gasteiger partial charge in [0.2, 0.25) is 5.91 Å². The van der Waals surface area contributed by atoms with Crippen LogP contribution in [-0.2, 0) is 4.79 Å². The van der Waals surface area contributed by atoms with Gasteiger partial charge in [-0.25, -0.2) is 0 Å². The average Bonchev–Trinajstić information content (AvgIpc) is 2.72. The minimum absolute atomic E-state index is 0.0471. The Hall–Kier alpha value is -3.13. The number of halogens is 1. The minimum atomic E-state index is -0.655. The third kappa shape index (κ3) is 4.83. The fourth-order valence-electron chi connectivity index (χ4n) is 3.28. The number of carbonyl (C=O) groups excluding carboxylic acids is 2. The monoisotopic (exact) mass is 416 g/mol. The highest BCUT2D eigenvalue weighted by atomic mass is 35.5. The molecule has 0 bridgehead atoms. The van der Waals surface area contributed by atoms with Crippen molar-refractivity contribution < 1.29 is 14.5 Å². The zero-order chi connectivity index (χ0) is 21.0. The number of carbonyl (C=O) groups is 2. The summed E-state index contributed by atoms with van der Waals surface area (Å²) in [5.41, 5.74) is 2.09. The first-order valence-corrected chi connectivity index (χ1v) is 9.55. The number of hydrogen-bond donors (Lipinski definition) is 1. The molecule has 2 amide bonds. The molecule has 1 N–H and O–H groups in total. The lowest BCUT2D eigenvalue weighted by Gasteiger charge is -2.36. The van der Waals surface area contributed by atoms with Crippen molar-refractivity contribution in [1.82, 2.24) is 10.2 Å². The number of anilines is 1. The molecule has 0 atom stereocenters. The van der Waals surface area contributed by atoms with Gasteiger partial charge in [-0.3, -0.25) is 19.7 Å². The lowest BCUT2D eigenvalue weighted by molar-refractivity contribution is -0.384. The average molecular weight is 417 g/mol. The number of piperazine rings is 1. The van der Waals surface area contributed by atoms with Gasteiger partial charge in [0.1, 0.15) is 5.02 Å². The molecular weight excluding hydrogens is 396 g/mol. The molecule has 29 heavy (non-hydrogen) atoms. The van der Waals surface area contributed by atoms with Crippen LogP contribution in [-0.4, -0.2) is 54.4 Å². The van der Waals surface area contributed by atoms with Crippen molar-refractivity contribution in [3.63, 3.8) is 0 Å². The Morgan fingerprint density at radius 1 is 1.14 bits per heavy atom. The van der Waals surface area contributed by atoms with E-state index in [4.69, 9.17) is 11.6 Å². The van der Waals surface area contributed by atoms with Crippen LogP contribution >= 0.6 is 11.6 Å². The van der Waals surface area contributed by atoms with E-state index >= 15 is 0 Å². The van der Waals surface area contributed by atoms with Crippen LogP contribution in [0.25, 0.3) is 0 Å². The van der Waals surface area contributed by atoms with Gasteiger partial charge in [-0.1, -0.05) is 29.8 Å². The molecule has 0 aliphatic carbocycles. The maximum atomic E-state index is 12.4. The predicted octanol–water partition coefficient (Wildman–Crippen LogP) is 2.64. The molecule has 1 fully saturated rings. The molecule has 0 saturated carbocycles. The summed E-state index contributed by atoms with van der Waals surface area (Å²) in [5.74, 6) is -0.747. The molecular formula is C20H21ClN4O4. The number of nitro benzene ring substituents is 1. The van der Waals surface area contributed by atoms with E-state index in [1.165, 1.54) is 17.7 Å². The quantitative estimate of drug-likeness (QED) is 0.597. The molecule has 3 rings (SSSR count). The highest BCUT2D eigenvalue weighted by molar-refractivity contribution is 6.32. The third-order valence-electron chi connectivity index (χ3n) is 4.89. The third-order valence-corrected chi connectivity index (χ3v) is 5.21. The first-order chi connectivity index (χ1) is 13.9. The predicted molar refractivity (Wildman–Crippen MR) is 110 cm³/mol. The fraction of sp³-hybridized carbons (Fsp3) is 0.300. The van der Waals surface area contributed by atoms with E-state index in [-0.39, 0.29) is 28.7 Å². The number of nitrogens with one attached hydrogen (secondary N) is 1. The number of aryl methyl sites for hydroxylation is 1. The molecule has 0 spiro atoms. The van der Waals surface area contributed by atoms with Gasteiger partial charge in [-0.05, 0) is 30.7 Å². The minimum Gasteiger partial charge on any atom is -0.368 e. The van der Waals surface area contributed by atoms with Crippen molar-refractivity contribution in [2.45, 2.75) is 6.92 Å². The first kappa shape index (κ1) is 20.6.